The molecule has 1 aromatic carbocycles. The lowest BCUT2D eigenvalue weighted by Crippen LogP contribution is -2.11. The monoisotopic (exact) mass is 262 g/mol. The largest absolute Gasteiger partial charge is 0.358 e. The fourth-order valence-electron chi connectivity index (χ4n) is 2.40. The van der Waals surface area contributed by atoms with Crippen LogP contribution in [0.15, 0.2) is 24.3 Å². The summed E-state index contributed by atoms with van der Waals surface area (Å²) in [4.78, 5) is 3.56. The summed E-state index contributed by atoms with van der Waals surface area (Å²) in [6, 6.07) is 8.56. The number of fused-ring (bicyclic) bond motifs is 1. The standard InChI is InChI=1S/C15H22N2S/c1-11(8-9-16-18-3)10-15-12(2)13-6-4-5-7-14(13)17-15/h4-7,11,16-17H,8-10H2,1-3H3. The number of aryl methyl sites for hydroxylation is 1. The molecule has 0 saturated carbocycles. The van der Waals surface area contributed by atoms with Gasteiger partial charge < -0.3 is 4.98 Å². The van der Waals surface area contributed by atoms with Gasteiger partial charge >= 0.3 is 0 Å². The first-order valence-electron chi connectivity index (χ1n) is 6.54. The molecule has 0 spiro atoms. The molecule has 2 rings (SSSR count). The van der Waals surface area contributed by atoms with Crippen LogP contribution in [-0.2, 0) is 6.42 Å². The van der Waals surface area contributed by atoms with Crippen LogP contribution in [0.4, 0.5) is 0 Å². The Bertz CT molecular complexity index is 504. The van der Waals surface area contributed by atoms with Gasteiger partial charge in [-0.15, -0.1) is 0 Å². The summed E-state index contributed by atoms with van der Waals surface area (Å²) in [5.74, 6) is 0.705. The van der Waals surface area contributed by atoms with E-state index in [-0.39, 0.29) is 0 Å². The normalized spacial score (nSPS) is 13.1. The van der Waals surface area contributed by atoms with Gasteiger partial charge in [0, 0.05) is 23.1 Å². The Kier molecular flexibility index (Phi) is 4.72. The molecule has 18 heavy (non-hydrogen) atoms. The maximum Gasteiger partial charge on any atom is 0.0458 e. The molecule has 0 aliphatic carbocycles. The third-order valence-electron chi connectivity index (χ3n) is 3.51. The van der Waals surface area contributed by atoms with Gasteiger partial charge in [0.25, 0.3) is 0 Å². The minimum absolute atomic E-state index is 0.705. The zero-order chi connectivity index (χ0) is 13.0. The molecule has 3 heteroatoms. The van der Waals surface area contributed by atoms with Gasteiger partial charge in [-0.05, 0) is 43.6 Å². The smallest absolute Gasteiger partial charge is 0.0458 e. The van der Waals surface area contributed by atoms with Gasteiger partial charge in [0.1, 0.15) is 0 Å². The molecule has 2 N–H and O–H groups in total. The Morgan fingerprint density at radius 1 is 1.33 bits per heavy atom. The SMILES string of the molecule is CSNCCC(C)Cc1[nH]c2ccccc2c1C. The van der Waals surface area contributed by atoms with Crippen LogP contribution in [0, 0.1) is 12.8 Å². The number of benzene rings is 1. The number of nitrogens with one attached hydrogen (secondary N) is 2. The molecule has 0 aliphatic rings. The van der Waals surface area contributed by atoms with Gasteiger partial charge in [-0.3, -0.25) is 4.72 Å². The summed E-state index contributed by atoms with van der Waals surface area (Å²) in [5.41, 5.74) is 4.07. The van der Waals surface area contributed by atoms with Crippen LogP contribution < -0.4 is 4.72 Å². The van der Waals surface area contributed by atoms with Gasteiger partial charge in [-0.2, -0.15) is 0 Å². The lowest BCUT2D eigenvalue weighted by molar-refractivity contribution is 0.525. The van der Waals surface area contributed by atoms with Crippen molar-refractivity contribution in [1.82, 2.24) is 9.71 Å². The zero-order valence-corrected chi connectivity index (χ0v) is 12.2. The van der Waals surface area contributed by atoms with Gasteiger partial charge in [-0.25, -0.2) is 0 Å². The molecule has 0 saturated heterocycles. The van der Waals surface area contributed by atoms with E-state index in [2.05, 4.69) is 54.1 Å². The van der Waals surface area contributed by atoms with Gasteiger partial charge in [0.2, 0.25) is 0 Å². The van der Waals surface area contributed by atoms with Crippen molar-refractivity contribution in [3.8, 4) is 0 Å². The first kappa shape index (κ1) is 13.5. The molecular formula is C15H22N2S. The predicted octanol–water partition coefficient (Wildman–Crippen LogP) is 3.91. The summed E-state index contributed by atoms with van der Waals surface area (Å²) in [6.45, 7) is 5.63. The maximum atomic E-state index is 3.56. The first-order chi connectivity index (χ1) is 8.72. The Morgan fingerprint density at radius 3 is 2.83 bits per heavy atom. The van der Waals surface area contributed by atoms with Crippen molar-refractivity contribution in [3.63, 3.8) is 0 Å². The highest BCUT2D eigenvalue weighted by Gasteiger charge is 2.10. The number of hydrogen-bond acceptors (Lipinski definition) is 2. The molecule has 2 aromatic rings. The van der Waals surface area contributed by atoms with Crippen LogP contribution in [0.2, 0.25) is 0 Å². The van der Waals surface area contributed by atoms with E-state index in [9.17, 15) is 0 Å². The fourth-order valence-corrected chi connectivity index (χ4v) is 2.72. The van der Waals surface area contributed by atoms with Crippen molar-refractivity contribution >= 4 is 22.9 Å². The Labute approximate surface area is 114 Å². The van der Waals surface area contributed by atoms with Gasteiger partial charge in [0.05, 0.1) is 0 Å². The molecule has 0 radical (unpaired) electrons. The number of hydrogen-bond donors (Lipinski definition) is 2. The molecule has 0 fully saturated rings. The second-order valence-corrected chi connectivity index (χ2v) is 5.67. The lowest BCUT2D eigenvalue weighted by Gasteiger charge is -2.10. The van der Waals surface area contributed by atoms with E-state index in [1.165, 1.54) is 28.6 Å². The van der Waals surface area contributed by atoms with E-state index in [0.29, 0.717) is 5.92 Å². The van der Waals surface area contributed by atoms with E-state index >= 15 is 0 Å². The molecule has 1 atom stereocenters. The minimum atomic E-state index is 0.705. The quantitative estimate of drug-likeness (QED) is 0.610. The van der Waals surface area contributed by atoms with E-state index in [4.69, 9.17) is 0 Å². The third-order valence-corrected chi connectivity index (χ3v) is 4.00. The fraction of sp³-hybridized carbons (Fsp3) is 0.467. The second-order valence-electron chi connectivity index (χ2n) is 4.97. The highest BCUT2D eigenvalue weighted by Crippen LogP contribution is 2.23. The molecule has 98 valence electrons. The van der Waals surface area contributed by atoms with Gasteiger partial charge in [-0.1, -0.05) is 37.1 Å². The van der Waals surface area contributed by atoms with E-state index in [1.54, 1.807) is 11.9 Å². The average molecular weight is 262 g/mol. The number of aromatic amines is 1. The van der Waals surface area contributed by atoms with E-state index < -0.39 is 0 Å². The van der Waals surface area contributed by atoms with Crippen LogP contribution in [-0.4, -0.2) is 17.8 Å². The third kappa shape index (κ3) is 3.09. The summed E-state index contributed by atoms with van der Waals surface area (Å²) in [5, 5.41) is 1.36. The van der Waals surface area contributed by atoms with Crippen molar-refractivity contribution < 1.29 is 0 Å². The summed E-state index contributed by atoms with van der Waals surface area (Å²) in [7, 11) is 0. The maximum absolute atomic E-state index is 3.56. The number of rotatable bonds is 6. The van der Waals surface area contributed by atoms with Crippen molar-refractivity contribution in [3.05, 3.63) is 35.5 Å². The zero-order valence-electron chi connectivity index (χ0n) is 11.4. The average Bonchev–Trinajstić information content (AvgIpc) is 2.67. The molecule has 0 bridgehead atoms. The van der Waals surface area contributed by atoms with Crippen LogP contribution in [0.5, 0.6) is 0 Å². The van der Waals surface area contributed by atoms with E-state index in [1.807, 2.05) is 0 Å². The Hall–Kier alpha value is -0.930. The topological polar surface area (TPSA) is 27.8 Å². The van der Waals surface area contributed by atoms with Crippen LogP contribution in [0.1, 0.15) is 24.6 Å². The van der Waals surface area contributed by atoms with Crippen molar-refractivity contribution in [1.29, 1.82) is 0 Å². The highest BCUT2D eigenvalue weighted by atomic mass is 32.2. The van der Waals surface area contributed by atoms with Crippen molar-refractivity contribution in [2.24, 2.45) is 5.92 Å². The van der Waals surface area contributed by atoms with Crippen LogP contribution >= 0.6 is 11.9 Å². The van der Waals surface area contributed by atoms with Crippen LogP contribution in [0.25, 0.3) is 10.9 Å². The number of para-hydroxylation sites is 1. The second kappa shape index (κ2) is 6.30. The van der Waals surface area contributed by atoms with Crippen LogP contribution in [0.3, 0.4) is 0 Å². The first-order valence-corrected chi connectivity index (χ1v) is 7.77. The van der Waals surface area contributed by atoms with E-state index in [0.717, 1.165) is 13.0 Å². The molecule has 2 nitrogen and oxygen atoms in total. The predicted molar refractivity (Wildman–Crippen MR) is 82.0 cm³/mol. The number of H-pyrrole nitrogens is 1. The molecule has 1 heterocycles. The number of aromatic nitrogens is 1. The summed E-state index contributed by atoms with van der Waals surface area (Å²) in [6.07, 6.45) is 4.43. The minimum Gasteiger partial charge on any atom is -0.358 e. The van der Waals surface area contributed by atoms with Crippen molar-refractivity contribution in [2.75, 3.05) is 12.8 Å². The molecule has 1 aromatic heterocycles. The highest BCUT2D eigenvalue weighted by molar-refractivity contribution is 7.96. The Morgan fingerprint density at radius 2 is 2.11 bits per heavy atom. The molecule has 0 amide bonds. The lowest BCUT2D eigenvalue weighted by atomic mass is 9.99. The molecule has 0 aliphatic heterocycles. The van der Waals surface area contributed by atoms with Crippen molar-refractivity contribution in [2.45, 2.75) is 26.7 Å². The van der Waals surface area contributed by atoms with Gasteiger partial charge in [0.15, 0.2) is 0 Å². The summed E-state index contributed by atoms with van der Waals surface area (Å²) < 4.78 is 3.31. The molecule has 1 unspecified atom stereocenters. The summed E-state index contributed by atoms with van der Waals surface area (Å²) >= 11 is 1.70. The Balaban J connectivity index is 2.05. The molecular weight excluding hydrogens is 240 g/mol.